The van der Waals surface area contributed by atoms with E-state index in [0.29, 0.717) is 18.2 Å². The first-order chi connectivity index (χ1) is 13.5. The van der Waals surface area contributed by atoms with Gasteiger partial charge in [0.15, 0.2) is 0 Å². The summed E-state index contributed by atoms with van der Waals surface area (Å²) in [6, 6.07) is 10.0. The van der Waals surface area contributed by atoms with Gasteiger partial charge in [-0.2, -0.15) is 0 Å². The van der Waals surface area contributed by atoms with Gasteiger partial charge in [-0.05, 0) is 70.6 Å². The van der Waals surface area contributed by atoms with Crippen LogP contribution < -0.4 is 15.5 Å². The van der Waals surface area contributed by atoms with E-state index in [1.807, 2.05) is 38.1 Å². The number of carbonyl (C=O) groups is 1. The number of amides is 1. The predicted molar refractivity (Wildman–Crippen MR) is 113 cm³/mol. The van der Waals surface area contributed by atoms with E-state index < -0.39 is 0 Å². The molecule has 1 aliphatic rings. The van der Waals surface area contributed by atoms with Gasteiger partial charge in [-0.15, -0.1) is 0 Å². The Labute approximate surface area is 167 Å². The highest BCUT2D eigenvalue weighted by Gasteiger charge is 2.12. The standard InChI is InChI=1S/C21H30N6O/c1-16-15-19(20(28)22-11-14-26(2)3)25-21(23-16)24-17-7-9-18(10-8-17)27-12-5-4-6-13-27/h7-10,15H,4-6,11-14H2,1-3H3,(H,22,28)(H,23,24,25). The fourth-order valence-corrected chi connectivity index (χ4v) is 3.26. The maximum Gasteiger partial charge on any atom is 0.270 e. The van der Waals surface area contributed by atoms with Crippen molar-refractivity contribution in [1.29, 1.82) is 0 Å². The maximum atomic E-state index is 12.3. The van der Waals surface area contributed by atoms with Crippen molar-refractivity contribution in [1.82, 2.24) is 20.2 Å². The number of carbonyl (C=O) groups excluding carboxylic acids is 1. The van der Waals surface area contributed by atoms with Crippen LogP contribution >= 0.6 is 0 Å². The lowest BCUT2D eigenvalue weighted by Crippen LogP contribution is -2.32. The molecule has 0 spiro atoms. The Morgan fingerprint density at radius 1 is 1.11 bits per heavy atom. The van der Waals surface area contributed by atoms with E-state index in [2.05, 4.69) is 37.6 Å². The Balaban J connectivity index is 1.65. The third-order valence-electron chi connectivity index (χ3n) is 4.78. The summed E-state index contributed by atoms with van der Waals surface area (Å²) in [4.78, 5) is 25.6. The smallest absolute Gasteiger partial charge is 0.270 e. The summed E-state index contributed by atoms with van der Waals surface area (Å²) in [5.74, 6) is 0.249. The molecule has 0 bridgehead atoms. The lowest BCUT2D eigenvalue weighted by Gasteiger charge is -2.28. The molecule has 7 heteroatoms. The van der Waals surface area contributed by atoms with Gasteiger partial charge in [0.2, 0.25) is 5.95 Å². The minimum absolute atomic E-state index is 0.184. The van der Waals surface area contributed by atoms with Crippen LogP contribution in [0.2, 0.25) is 0 Å². The summed E-state index contributed by atoms with van der Waals surface area (Å²) < 4.78 is 0. The van der Waals surface area contributed by atoms with E-state index in [1.165, 1.54) is 24.9 Å². The average Bonchev–Trinajstić information content (AvgIpc) is 2.68. The number of hydrogen-bond donors (Lipinski definition) is 2. The molecule has 1 fully saturated rings. The molecule has 1 aromatic carbocycles. The number of benzene rings is 1. The van der Waals surface area contributed by atoms with E-state index in [1.54, 1.807) is 6.07 Å². The third kappa shape index (κ3) is 5.66. The molecule has 150 valence electrons. The number of aromatic nitrogens is 2. The van der Waals surface area contributed by atoms with Gasteiger partial charge in [0.25, 0.3) is 5.91 Å². The molecule has 1 aromatic heterocycles. The molecule has 0 saturated carbocycles. The van der Waals surface area contributed by atoms with Crippen LogP contribution in [0.5, 0.6) is 0 Å². The zero-order valence-electron chi connectivity index (χ0n) is 17.0. The van der Waals surface area contributed by atoms with E-state index in [-0.39, 0.29) is 5.91 Å². The predicted octanol–water partition coefficient (Wildman–Crippen LogP) is 2.81. The second kappa shape index (κ2) is 9.50. The van der Waals surface area contributed by atoms with Crippen molar-refractivity contribution in [3.8, 4) is 0 Å². The highest BCUT2D eigenvalue weighted by Crippen LogP contribution is 2.23. The first-order valence-electron chi connectivity index (χ1n) is 9.92. The molecular weight excluding hydrogens is 352 g/mol. The van der Waals surface area contributed by atoms with E-state index >= 15 is 0 Å². The fraction of sp³-hybridized carbons (Fsp3) is 0.476. The highest BCUT2D eigenvalue weighted by molar-refractivity contribution is 5.92. The van der Waals surface area contributed by atoms with E-state index in [4.69, 9.17) is 0 Å². The molecule has 28 heavy (non-hydrogen) atoms. The molecular formula is C21H30N6O. The first kappa shape index (κ1) is 20.1. The van der Waals surface area contributed by atoms with Gasteiger partial charge >= 0.3 is 0 Å². The number of nitrogens with zero attached hydrogens (tertiary/aromatic N) is 4. The summed E-state index contributed by atoms with van der Waals surface area (Å²) in [7, 11) is 3.94. The second-order valence-electron chi connectivity index (χ2n) is 7.50. The molecule has 0 atom stereocenters. The number of piperidine rings is 1. The van der Waals surface area contributed by atoms with Crippen LogP contribution in [0.15, 0.2) is 30.3 Å². The molecule has 2 N–H and O–H groups in total. The maximum absolute atomic E-state index is 12.3. The van der Waals surface area contributed by atoms with Gasteiger partial charge < -0.3 is 20.4 Å². The van der Waals surface area contributed by atoms with Gasteiger partial charge in [0.1, 0.15) is 5.69 Å². The van der Waals surface area contributed by atoms with Crippen molar-refractivity contribution in [2.75, 3.05) is 50.5 Å². The van der Waals surface area contributed by atoms with Crippen LogP contribution in [0.4, 0.5) is 17.3 Å². The third-order valence-corrected chi connectivity index (χ3v) is 4.78. The summed E-state index contributed by atoms with van der Waals surface area (Å²) >= 11 is 0. The molecule has 1 amide bonds. The lowest BCUT2D eigenvalue weighted by molar-refractivity contribution is 0.0946. The van der Waals surface area contributed by atoms with Crippen LogP contribution in [0.1, 0.15) is 35.4 Å². The number of hydrogen-bond acceptors (Lipinski definition) is 6. The Morgan fingerprint density at radius 2 is 1.82 bits per heavy atom. The van der Waals surface area contributed by atoms with Crippen molar-refractivity contribution in [2.24, 2.45) is 0 Å². The number of anilines is 3. The van der Waals surface area contributed by atoms with Gasteiger partial charge in [0, 0.05) is 43.2 Å². The van der Waals surface area contributed by atoms with Crippen molar-refractivity contribution < 1.29 is 4.79 Å². The van der Waals surface area contributed by atoms with Gasteiger partial charge in [-0.25, -0.2) is 9.97 Å². The van der Waals surface area contributed by atoms with Crippen molar-refractivity contribution in [3.05, 3.63) is 41.7 Å². The van der Waals surface area contributed by atoms with E-state index in [9.17, 15) is 4.79 Å². The molecule has 2 heterocycles. The topological polar surface area (TPSA) is 73.4 Å². The lowest BCUT2D eigenvalue weighted by atomic mass is 10.1. The number of rotatable bonds is 7. The average molecular weight is 383 g/mol. The Bertz CT molecular complexity index is 784. The fourth-order valence-electron chi connectivity index (χ4n) is 3.26. The largest absolute Gasteiger partial charge is 0.372 e. The van der Waals surface area contributed by atoms with Crippen LogP contribution in [-0.2, 0) is 0 Å². The molecule has 0 unspecified atom stereocenters. The Hall–Kier alpha value is -2.67. The molecule has 7 nitrogen and oxygen atoms in total. The molecule has 1 saturated heterocycles. The molecule has 0 aliphatic carbocycles. The highest BCUT2D eigenvalue weighted by atomic mass is 16.1. The number of nitrogens with one attached hydrogen (secondary N) is 2. The van der Waals surface area contributed by atoms with Crippen molar-refractivity contribution in [3.63, 3.8) is 0 Å². The summed E-state index contributed by atoms with van der Waals surface area (Å²) in [6.45, 7) is 5.48. The summed E-state index contributed by atoms with van der Waals surface area (Å²) in [5.41, 5.74) is 3.28. The molecule has 1 aliphatic heterocycles. The van der Waals surface area contributed by atoms with Crippen LogP contribution in [0, 0.1) is 6.92 Å². The normalized spacial score (nSPS) is 14.2. The van der Waals surface area contributed by atoms with Crippen molar-refractivity contribution in [2.45, 2.75) is 26.2 Å². The Kier molecular flexibility index (Phi) is 6.81. The zero-order valence-corrected chi connectivity index (χ0v) is 17.0. The van der Waals surface area contributed by atoms with Gasteiger partial charge in [-0.1, -0.05) is 0 Å². The van der Waals surface area contributed by atoms with E-state index in [0.717, 1.165) is 31.0 Å². The number of aryl methyl sites for hydroxylation is 1. The van der Waals surface area contributed by atoms with Crippen molar-refractivity contribution >= 4 is 23.2 Å². The number of likely N-dealkylation sites (N-methyl/N-ethyl adjacent to an activating group) is 1. The van der Waals surface area contributed by atoms with Gasteiger partial charge in [-0.3, -0.25) is 4.79 Å². The minimum atomic E-state index is -0.184. The summed E-state index contributed by atoms with van der Waals surface area (Å²) in [6.07, 6.45) is 3.85. The Morgan fingerprint density at radius 3 is 2.50 bits per heavy atom. The first-order valence-corrected chi connectivity index (χ1v) is 9.92. The second-order valence-corrected chi connectivity index (χ2v) is 7.50. The summed E-state index contributed by atoms with van der Waals surface area (Å²) in [5, 5.41) is 6.10. The van der Waals surface area contributed by atoms with Crippen LogP contribution in [0.25, 0.3) is 0 Å². The monoisotopic (exact) mass is 382 g/mol. The van der Waals surface area contributed by atoms with Gasteiger partial charge in [0.05, 0.1) is 0 Å². The molecule has 2 aromatic rings. The van der Waals surface area contributed by atoms with Crippen LogP contribution in [-0.4, -0.2) is 61.0 Å². The minimum Gasteiger partial charge on any atom is -0.372 e. The van der Waals surface area contributed by atoms with Crippen LogP contribution in [0.3, 0.4) is 0 Å². The zero-order chi connectivity index (χ0) is 19.9. The molecule has 0 radical (unpaired) electrons. The SMILES string of the molecule is Cc1cc(C(=O)NCCN(C)C)nc(Nc2ccc(N3CCCCC3)cc2)n1. The quantitative estimate of drug-likeness (QED) is 0.767. The molecule has 3 rings (SSSR count).